The summed E-state index contributed by atoms with van der Waals surface area (Å²) in [4.78, 5) is 9.13. The van der Waals surface area contributed by atoms with Crippen LogP contribution in [0.2, 0.25) is 0 Å². The van der Waals surface area contributed by atoms with Crippen LogP contribution in [0.1, 0.15) is 0 Å². The Kier molecular flexibility index (Phi) is 2.88. The molecule has 0 aliphatic carbocycles. The van der Waals surface area contributed by atoms with Gasteiger partial charge < -0.3 is 5.32 Å². The number of aromatic nitrogens is 2. The highest BCUT2D eigenvalue weighted by Gasteiger charge is 2.07. The van der Waals surface area contributed by atoms with Crippen LogP contribution in [0.4, 0.5) is 5.69 Å². The molecule has 0 saturated heterocycles. The average molecular weight is 345 g/mol. The van der Waals surface area contributed by atoms with Gasteiger partial charge in [0.1, 0.15) is 6.33 Å². The van der Waals surface area contributed by atoms with Gasteiger partial charge in [-0.1, -0.05) is 60.7 Å². The molecule has 1 aromatic heterocycles. The Bertz CT molecular complexity index is 1580. The Morgan fingerprint density at radius 1 is 0.667 bits per heavy atom. The van der Waals surface area contributed by atoms with Crippen LogP contribution in [0, 0.1) is 20.9 Å². The summed E-state index contributed by atoms with van der Waals surface area (Å²) in [6.45, 7) is 0. The van der Waals surface area contributed by atoms with Crippen molar-refractivity contribution < 1.29 is 0 Å². The lowest BCUT2D eigenvalue weighted by atomic mass is 10.0. The van der Waals surface area contributed by atoms with Gasteiger partial charge in [-0.15, -0.1) is 0 Å². The maximum absolute atomic E-state index is 4.67. The van der Waals surface area contributed by atoms with Crippen molar-refractivity contribution in [2.75, 3.05) is 5.32 Å². The molecule has 6 rings (SSSR count). The first-order valence-corrected chi connectivity index (χ1v) is 9.02. The van der Waals surface area contributed by atoms with Crippen LogP contribution in [-0.2, 0) is 0 Å². The molecule has 1 aliphatic heterocycles. The van der Waals surface area contributed by atoms with Crippen molar-refractivity contribution in [2.45, 2.75) is 0 Å². The summed E-state index contributed by atoms with van der Waals surface area (Å²) in [6, 6.07) is 25.5. The summed E-state index contributed by atoms with van der Waals surface area (Å²) in [5.41, 5.74) is 3.10. The van der Waals surface area contributed by atoms with Gasteiger partial charge in [0.05, 0.1) is 11.0 Å². The van der Waals surface area contributed by atoms with Crippen LogP contribution in [-0.4, -0.2) is 9.97 Å². The van der Waals surface area contributed by atoms with E-state index in [1.54, 1.807) is 6.33 Å². The van der Waals surface area contributed by atoms with Crippen LogP contribution >= 0.6 is 0 Å². The maximum Gasteiger partial charge on any atom is 0.116 e. The molecule has 27 heavy (non-hydrogen) atoms. The highest BCUT2D eigenvalue weighted by molar-refractivity contribution is 6.06. The Morgan fingerprint density at radius 3 is 2.56 bits per heavy atom. The van der Waals surface area contributed by atoms with E-state index in [0.717, 1.165) is 27.3 Å². The van der Waals surface area contributed by atoms with Crippen molar-refractivity contribution in [3.05, 3.63) is 105 Å². The molecule has 0 spiro atoms. The lowest BCUT2D eigenvalue weighted by Crippen LogP contribution is -2.11. The lowest BCUT2D eigenvalue weighted by Gasteiger charge is -2.10. The number of fused-ring (bicyclic) bond motifs is 2. The third kappa shape index (κ3) is 2.02. The van der Waals surface area contributed by atoms with E-state index in [1.807, 2.05) is 12.1 Å². The molecule has 126 valence electrons. The Morgan fingerprint density at radius 2 is 1.56 bits per heavy atom. The third-order valence-electron chi connectivity index (χ3n) is 5.35. The molecule has 3 nitrogen and oxygen atoms in total. The zero-order valence-corrected chi connectivity index (χ0v) is 14.5. The average Bonchev–Trinajstić information content (AvgIpc) is 2.74. The van der Waals surface area contributed by atoms with Crippen LogP contribution < -0.4 is 10.5 Å². The van der Waals surface area contributed by atoms with Gasteiger partial charge in [0.2, 0.25) is 0 Å². The summed E-state index contributed by atoms with van der Waals surface area (Å²) >= 11 is 0. The van der Waals surface area contributed by atoms with E-state index >= 15 is 0 Å². The number of anilines is 1. The van der Waals surface area contributed by atoms with Gasteiger partial charge in [-0.3, -0.25) is 0 Å². The molecule has 0 amide bonds. The Balaban J connectivity index is 2.02. The highest BCUT2D eigenvalue weighted by atomic mass is 14.8. The van der Waals surface area contributed by atoms with Gasteiger partial charge in [0, 0.05) is 27.7 Å². The van der Waals surface area contributed by atoms with E-state index in [-0.39, 0.29) is 0 Å². The number of hydrogen-bond donors (Lipinski definition) is 1. The largest absolute Gasteiger partial charge is 0.361 e. The molecular weight excluding hydrogens is 330 g/mol. The smallest absolute Gasteiger partial charge is 0.116 e. The first-order chi connectivity index (χ1) is 13.4. The number of rotatable bonds is 0. The second-order valence-electron chi connectivity index (χ2n) is 6.81. The second kappa shape index (κ2) is 5.39. The topological polar surface area (TPSA) is 37.8 Å². The van der Waals surface area contributed by atoms with Gasteiger partial charge in [-0.25, -0.2) is 9.97 Å². The monoisotopic (exact) mass is 345 g/mol. The third-order valence-corrected chi connectivity index (χ3v) is 5.35. The fourth-order valence-electron chi connectivity index (χ4n) is 4.14. The molecule has 0 unspecified atom stereocenters. The molecule has 0 saturated carbocycles. The standard InChI is InChI=1S/C24H15N3/c1-2-7-17-16(5-1)13-25-21-10-4-8-18(23(17)21)19-12-11-15-6-3-9-20-22(15)24(19)27-14-26-20/h1-14,25H. The quantitative estimate of drug-likeness (QED) is 0.456. The molecule has 1 N–H and O–H groups in total. The fraction of sp³-hybridized carbons (Fsp3) is 0. The molecule has 2 heterocycles. The molecule has 1 aliphatic rings. The van der Waals surface area contributed by atoms with E-state index in [1.165, 1.54) is 26.3 Å². The van der Waals surface area contributed by atoms with E-state index in [9.17, 15) is 0 Å². The molecule has 0 radical (unpaired) electrons. The van der Waals surface area contributed by atoms with Crippen molar-refractivity contribution >= 4 is 33.7 Å². The summed E-state index contributed by atoms with van der Waals surface area (Å²) in [7, 11) is 0. The van der Waals surface area contributed by atoms with Gasteiger partial charge >= 0.3 is 0 Å². The number of nitrogens with one attached hydrogen (secondary N) is 1. The molecule has 5 aromatic rings. The normalized spacial score (nSPS) is 13.6. The molecular formula is C24H15N3. The zero-order chi connectivity index (χ0) is 17.8. The van der Waals surface area contributed by atoms with Crippen molar-refractivity contribution in [3.8, 4) is 0 Å². The van der Waals surface area contributed by atoms with E-state index in [4.69, 9.17) is 0 Å². The summed E-state index contributed by atoms with van der Waals surface area (Å²) in [5, 5.41) is 11.7. The zero-order valence-electron chi connectivity index (χ0n) is 14.5. The van der Waals surface area contributed by atoms with Gasteiger partial charge in [0.25, 0.3) is 0 Å². The van der Waals surface area contributed by atoms with Crippen molar-refractivity contribution in [1.29, 1.82) is 0 Å². The SMILES string of the molecule is C1=c2ccccc2=c2c(cccc2=c2ccc3cccc4ncnc2c34)N1. The van der Waals surface area contributed by atoms with Crippen molar-refractivity contribution in [3.63, 3.8) is 0 Å². The number of hydrogen-bond acceptors (Lipinski definition) is 3. The van der Waals surface area contributed by atoms with Crippen LogP contribution in [0.25, 0.3) is 28.0 Å². The minimum atomic E-state index is 0.982. The van der Waals surface area contributed by atoms with E-state index < -0.39 is 0 Å². The minimum Gasteiger partial charge on any atom is -0.361 e. The van der Waals surface area contributed by atoms with Crippen LogP contribution in [0.3, 0.4) is 0 Å². The predicted octanol–water partition coefficient (Wildman–Crippen LogP) is 4.24. The number of benzene rings is 4. The first kappa shape index (κ1) is 14.4. The number of nitrogens with zero attached hydrogens (tertiary/aromatic N) is 2. The maximum atomic E-state index is 4.67. The summed E-state index contributed by atoms with van der Waals surface area (Å²) < 4.78 is 0. The van der Waals surface area contributed by atoms with Gasteiger partial charge in [-0.05, 0) is 33.2 Å². The molecule has 0 bridgehead atoms. The van der Waals surface area contributed by atoms with E-state index in [0.29, 0.717) is 0 Å². The van der Waals surface area contributed by atoms with Gasteiger partial charge in [-0.2, -0.15) is 0 Å². The van der Waals surface area contributed by atoms with E-state index in [2.05, 4.69) is 82.1 Å². The van der Waals surface area contributed by atoms with Gasteiger partial charge in [0.15, 0.2) is 0 Å². The summed E-state index contributed by atoms with van der Waals surface area (Å²) in [5.74, 6) is 0. The highest BCUT2D eigenvalue weighted by Crippen LogP contribution is 2.25. The first-order valence-electron chi connectivity index (χ1n) is 9.02. The second-order valence-corrected chi connectivity index (χ2v) is 6.81. The van der Waals surface area contributed by atoms with Crippen molar-refractivity contribution in [2.24, 2.45) is 0 Å². The fourth-order valence-corrected chi connectivity index (χ4v) is 4.14. The van der Waals surface area contributed by atoms with Crippen LogP contribution in [0.15, 0.2) is 79.1 Å². The molecule has 0 atom stereocenters. The Labute approximate surface area is 154 Å². The molecule has 3 heteroatoms. The summed E-state index contributed by atoms with van der Waals surface area (Å²) in [6.07, 6.45) is 3.73. The predicted molar refractivity (Wildman–Crippen MR) is 109 cm³/mol. The van der Waals surface area contributed by atoms with Crippen LogP contribution in [0.5, 0.6) is 0 Å². The van der Waals surface area contributed by atoms with Crippen molar-refractivity contribution in [1.82, 2.24) is 9.97 Å². The molecule has 4 aromatic carbocycles. The minimum absolute atomic E-state index is 0.982. The lowest BCUT2D eigenvalue weighted by molar-refractivity contribution is 1.25. The Hall–Kier alpha value is -3.72. The molecule has 0 fully saturated rings.